The molecule has 2 amide bonds. The van der Waals surface area contributed by atoms with Crippen molar-refractivity contribution in [1.82, 2.24) is 10.3 Å². The van der Waals surface area contributed by atoms with Gasteiger partial charge in [-0.1, -0.05) is 19.3 Å². The zero-order chi connectivity index (χ0) is 11.1. The Bertz CT molecular complexity index is 228. The number of nitrogens with one attached hydrogen (secondary N) is 1. The number of urea groups is 1. The predicted octanol–water partition coefficient (Wildman–Crippen LogP) is -3.74. The maximum atomic E-state index is 11.5. The van der Waals surface area contributed by atoms with E-state index in [2.05, 4.69) is 10.6 Å². The van der Waals surface area contributed by atoms with Crippen molar-refractivity contribution >= 4 is 17.6 Å². The predicted molar refractivity (Wildman–Crippen MR) is 58.6 cm³/mol. The topological polar surface area (TPSA) is 61.8 Å². The molecule has 0 spiro atoms. The Morgan fingerprint density at radius 3 is 2.35 bits per heavy atom. The van der Waals surface area contributed by atoms with Crippen molar-refractivity contribution in [2.75, 3.05) is 12.4 Å². The van der Waals surface area contributed by atoms with Gasteiger partial charge in [0.1, 0.15) is 0 Å². The normalized spacial score (nSPS) is 15.1. The van der Waals surface area contributed by atoms with Crippen molar-refractivity contribution in [2.24, 2.45) is 5.29 Å². The number of nitroso groups, excluding NO2 is 1. The second-order valence-corrected chi connectivity index (χ2v) is 4.06. The second kappa shape index (κ2) is 12.2. The maximum absolute atomic E-state index is 11.5. The minimum atomic E-state index is -0.433. The van der Waals surface area contributed by atoms with Crippen molar-refractivity contribution in [3.63, 3.8) is 0 Å². The minimum absolute atomic E-state index is 0. The second-order valence-electron chi connectivity index (χ2n) is 3.68. The Kier molecular flexibility index (Phi) is 14.7. The maximum Gasteiger partial charge on any atom is 1.00 e. The third-order valence-electron chi connectivity index (χ3n) is 2.56. The average molecular weight is 280 g/mol. The molecule has 1 fully saturated rings. The number of hydrogen-bond acceptors (Lipinski definition) is 3. The van der Waals surface area contributed by atoms with Gasteiger partial charge in [-0.15, -0.1) is 16.5 Å². The summed E-state index contributed by atoms with van der Waals surface area (Å²) in [6.45, 7) is 0.156. The van der Waals surface area contributed by atoms with Crippen molar-refractivity contribution in [2.45, 2.75) is 38.1 Å². The summed E-state index contributed by atoms with van der Waals surface area (Å²) in [6.07, 6.45) is 5.46. The Morgan fingerprint density at radius 2 is 1.88 bits per heavy atom. The number of carbonyl (C=O) groups is 1. The molecule has 17 heavy (non-hydrogen) atoms. The molecular weight excluding hydrogens is 264 g/mol. The van der Waals surface area contributed by atoms with E-state index in [0.717, 1.165) is 30.7 Å². The average Bonchev–Trinajstić information content (AvgIpc) is 2.27. The molecule has 0 aromatic carbocycles. The molecule has 0 radical (unpaired) electrons. The van der Waals surface area contributed by atoms with Crippen LogP contribution in [0.4, 0.5) is 4.79 Å². The number of halogens is 1. The zero-order valence-electron chi connectivity index (χ0n) is 10.6. The number of carbonyl (C=O) groups excluding carboxylic acids is 1. The van der Waals surface area contributed by atoms with Crippen LogP contribution in [0.25, 0.3) is 0 Å². The van der Waals surface area contributed by atoms with Crippen LogP contribution in [0.15, 0.2) is 5.29 Å². The summed E-state index contributed by atoms with van der Waals surface area (Å²) < 4.78 is 0. The van der Waals surface area contributed by atoms with Crippen molar-refractivity contribution in [3.8, 4) is 0 Å². The zero-order valence-corrected chi connectivity index (χ0v) is 15.4. The number of hydrogen-bond donors (Lipinski definition) is 1. The number of amides is 2. The molecule has 0 atom stereocenters. The monoisotopic (exact) mass is 279 g/mol. The van der Waals surface area contributed by atoms with Crippen LogP contribution in [0.1, 0.15) is 32.1 Å². The van der Waals surface area contributed by atoms with E-state index in [4.69, 9.17) is 11.6 Å². The SMILES string of the molecule is O=NN(CCCl)C(=O)NC1CCCCC1.[Na+].[Na+]. The molecule has 1 aliphatic carbocycles. The first-order chi connectivity index (χ1) is 7.27. The van der Waals surface area contributed by atoms with E-state index in [1.54, 1.807) is 0 Å². The van der Waals surface area contributed by atoms with Crippen molar-refractivity contribution in [3.05, 3.63) is 4.91 Å². The van der Waals surface area contributed by atoms with Crippen LogP contribution >= 0.6 is 11.6 Å². The van der Waals surface area contributed by atoms with Gasteiger partial charge in [0.05, 0.1) is 11.8 Å². The van der Waals surface area contributed by atoms with Gasteiger partial charge in [-0.05, 0) is 12.8 Å². The van der Waals surface area contributed by atoms with Gasteiger partial charge in [0.15, 0.2) is 0 Å². The fraction of sp³-hybridized carbons (Fsp3) is 0.889. The summed E-state index contributed by atoms with van der Waals surface area (Å²) >= 11 is 5.44. The van der Waals surface area contributed by atoms with Gasteiger partial charge in [-0.3, -0.25) is 0 Å². The van der Waals surface area contributed by atoms with Gasteiger partial charge < -0.3 is 5.32 Å². The summed E-state index contributed by atoms with van der Waals surface area (Å²) in [5, 5.41) is 6.25. The number of alkyl halides is 1. The Labute approximate surface area is 151 Å². The van der Waals surface area contributed by atoms with Gasteiger partial charge in [-0.25, -0.2) is 4.79 Å². The molecular formula is C9H16ClN3Na2O2+2. The molecule has 0 unspecified atom stereocenters. The largest absolute Gasteiger partial charge is 1.00 e. The molecule has 0 aromatic heterocycles. The third kappa shape index (κ3) is 8.03. The van der Waals surface area contributed by atoms with Gasteiger partial charge in [0, 0.05) is 11.9 Å². The quantitative estimate of drug-likeness (QED) is 0.249. The van der Waals surface area contributed by atoms with Gasteiger partial charge in [0.2, 0.25) is 0 Å². The fourth-order valence-corrected chi connectivity index (χ4v) is 1.92. The molecule has 1 rings (SSSR count). The summed E-state index contributed by atoms with van der Waals surface area (Å²) in [5.41, 5.74) is 0. The summed E-state index contributed by atoms with van der Waals surface area (Å²) in [7, 11) is 0. The smallest absolute Gasteiger partial charge is 0.334 e. The molecule has 0 heterocycles. The number of rotatable bonds is 4. The van der Waals surface area contributed by atoms with Crippen LogP contribution in [0.2, 0.25) is 0 Å². The summed E-state index contributed by atoms with van der Waals surface area (Å²) in [5.74, 6) is 0.212. The number of nitrogens with zero attached hydrogens (tertiary/aromatic N) is 2. The van der Waals surface area contributed by atoms with Crippen LogP contribution in [0.5, 0.6) is 0 Å². The molecule has 0 saturated heterocycles. The van der Waals surface area contributed by atoms with Gasteiger partial charge in [-0.2, -0.15) is 5.01 Å². The van der Waals surface area contributed by atoms with Crippen molar-refractivity contribution in [1.29, 1.82) is 0 Å². The molecule has 8 heteroatoms. The molecule has 1 N–H and O–H groups in total. The first kappa shape index (κ1) is 20.5. The van der Waals surface area contributed by atoms with E-state index >= 15 is 0 Å². The van der Waals surface area contributed by atoms with Gasteiger partial charge in [0.25, 0.3) is 0 Å². The molecule has 5 nitrogen and oxygen atoms in total. The van der Waals surface area contributed by atoms with E-state index in [9.17, 15) is 9.70 Å². The van der Waals surface area contributed by atoms with Crippen LogP contribution in [-0.2, 0) is 0 Å². The first-order valence-corrected chi connectivity index (χ1v) is 5.78. The van der Waals surface area contributed by atoms with Crippen LogP contribution in [0.3, 0.4) is 0 Å². The van der Waals surface area contributed by atoms with E-state index < -0.39 is 6.03 Å². The van der Waals surface area contributed by atoms with Crippen molar-refractivity contribution < 1.29 is 63.9 Å². The summed E-state index contributed by atoms with van der Waals surface area (Å²) in [4.78, 5) is 21.8. The van der Waals surface area contributed by atoms with E-state index in [1.807, 2.05) is 0 Å². The first-order valence-electron chi connectivity index (χ1n) is 5.25. The van der Waals surface area contributed by atoms with E-state index in [0.29, 0.717) is 0 Å². The molecule has 1 aliphatic rings. The molecule has 86 valence electrons. The molecule has 0 aliphatic heterocycles. The van der Waals surface area contributed by atoms with E-state index in [1.165, 1.54) is 6.42 Å². The molecule has 0 bridgehead atoms. The van der Waals surface area contributed by atoms with Crippen LogP contribution in [-0.4, -0.2) is 29.5 Å². The Morgan fingerprint density at radius 1 is 1.29 bits per heavy atom. The van der Waals surface area contributed by atoms with Gasteiger partial charge >= 0.3 is 65.1 Å². The third-order valence-corrected chi connectivity index (χ3v) is 2.73. The Balaban J connectivity index is 0. The summed E-state index contributed by atoms with van der Waals surface area (Å²) in [6, 6.07) is -0.247. The standard InChI is InChI=1S/C9H16ClN3O2.2Na/c10-6-7-13(12-15)9(14)11-8-4-2-1-3-5-8;;/h8H,1-7H2,(H,11,14);;/q;2*+1. The van der Waals surface area contributed by atoms with E-state index in [-0.39, 0.29) is 77.6 Å². The van der Waals surface area contributed by atoms with Crippen LogP contribution < -0.4 is 64.4 Å². The Hall–Kier alpha value is 1.16. The van der Waals surface area contributed by atoms with Crippen LogP contribution in [0, 0.1) is 4.91 Å². The minimum Gasteiger partial charge on any atom is -0.334 e. The fourth-order valence-electron chi connectivity index (χ4n) is 1.76. The molecule has 0 aromatic rings. The molecule has 1 saturated carbocycles.